The molecule has 4 heteroatoms. The average molecular weight is 290 g/mol. The fraction of sp³-hybridized carbons (Fsp3) is 0.571. The molecule has 0 saturated carbocycles. The summed E-state index contributed by atoms with van der Waals surface area (Å²) in [5.74, 6) is 0.821. The maximum absolute atomic E-state index is 9.51. The molecule has 0 radical (unpaired) electrons. The number of halogens is 2. The number of benzene rings is 1. The molecule has 1 fully saturated rings. The molecule has 2 nitrogen and oxygen atoms in total. The summed E-state index contributed by atoms with van der Waals surface area (Å²) in [6.45, 7) is 6.22. The van der Waals surface area contributed by atoms with E-state index in [1.807, 2.05) is 18.2 Å². The molecule has 1 aromatic carbocycles. The molecule has 1 aromatic rings. The van der Waals surface area contributed by atoms with Crippen molar-refractivity contribution >= 4 is 29.7 Å². The maximum Gasteiger partial charge on any atom is 0.0762 e. The smallest absolute Gasteiger partial charge is 0.0762 e. The van der Waals surface area contributed by atoms with E-state index >= 15 is 0 Å². The fourth-order valence-electron chi connectivity index (χ4n) is 2.29. The van der Waals surface area contributed by atoms with Crippen molar-refractivity contribution in [3.8, 4) is 0 Å². The molecule has 0 spiro atoms. The van der Waals surface area contributed by atoms with Crippen LogP contribution in [0.3, 0.4) is 0 Å². The van der Waals surface area contributed by atoms with E-state index in [1.54, 1.807) is 6.92 Å². The lowest BCUT2D eigenvalue weighted by molar-refractivity contribution is 0.199. The van der Waals surface area contributed by atoms with Crippen LogP contribution in [0.25, 0.3) is 0 Å². The molecule has 1 aliphatic heterocycles. The first kappa shape index (κ1) is 15.6. The number of rotatable bonds is 2. The largest absolute Gasteiger partial charge is 0.389 e. The highest BCUT2D eigenvalue weighted by atomic mass is 35.5. The molecule has 0 amide bonds. The third-order valence-corrected chi connectivity index (χ3v) is 3.88. The van der Waals surface area contributed by atoms with Crippen LogP contribution in [0.5, 0.6) is 0 Å². The van der Waals surface area contributed by atoms with Crippen LogP contribution in [0.2, 0.25) is 5.02 Å². The van der Waals surface area contributed by atoms with Crippen molar-refractivity contribution in [1.82, 2.24) is 0 Å². The average Bonchev–Trinajstić information content (AvgIpc) is 2.30. The van der Waals surface area contributed by atoms with Crippen LogP contribution >= 0.6 is 24.0 Å². The molecule has 102 valence electrons. The van der Waals surface area contributed by atoms with E-state index in [4.69, 9.17) is 11.6 Å². The number of hydrogen-bond donors (Lipinski definition) is 1. The van der Waals surface area contributed by atoms with E-state index in [-0.39, 0.29) is 12.4 Å². The van der Waals surface area contributed by atoms with E-state index in [1.165, 1.54) is 12.8 Å². The minimum atomic E-state index is -0.456. The molecule has 0 bridgehead atoms. The van der Waals surface area contributed by atoms with Crippen LogP contribution in [0.15, 0.2) is 18.2 Å². The summed E-state index contributed by atoms with van der Waals surface area (Å²) >= 11 is 6.29. The molecular weight excluding hydrogens is 269 g/mol. The Bertz CT molecular complexity index is 387. The number of aliphatic hydroxyl groups is 1. The normalized spacial score (nSPS) is 18.3. The third-order valence-electron chi connectivity index (χ3n) is 3.58. The second kappa shape index (κ2) is 6.65. The minimum absolute atomic E-state index is 0. The zero-order valence-corrected chi connectivity index (χ0v) is 12.5. The van der Waals surface area contributed by atoms with Crippen molar-refractivity contribution < 1.29 is 5.11 Å². The van der Waals surface area contributed by atoms with Crippen molar-refractivity contribution in [3.05, 3.63) is 28.8 Å². The molecule has 2 rings (SSSR count). The van der Waals surface area contributed by atoms with E-state index in [0.717, 1.165) is 35.3 Å². The van der Waals surface area contributed by atoms with E-state index < -0.39 is 6.10 Å². The Labute approximate surface area is 120 Å². The first-order chi connectivity index (χ1) is 8.08. The van der Waals surface area contributed by atoms with Gasteiger partial charge in [-0.25, -0.2) is 0 Å². The van der Waals surface area contributed by atoms with Crippen molar-refractivity contribution in [2.24, 2.45) is 5.92 Å². The number of nitrogens with zero attached hydrogens (tertiary/aromatic N) is 1. The number of hydrogen-bond acceptors (Lipinski definition) is 2. The zero-order chi connectivity index (χ0) is 12.4. The van der Waals surface area contributed by atoms with Gasteiger partial charge in [-0.3, -0.25) is 0 Å². The highest BCUT2D eigenvalue weighted by molar-refractivity contribution is 6.33. The summed E-state index contributed by atoms with van der Waals surface area (Å²) in [7, 11) is 0. The lowest BCUT2D eigenvalue weighted by Gasteiger charge is -2.32. The van der Waals surface area contributed by atoms with Crippen LogP contribution in [-0.2, 0) is 0 Å². The Balaban J connectivity index is 0.00000162. The quantitative estimate of drug-likeness (QED) is 0.888. The predicted molar refractivity (Wildman–Crippen MR) is 79.9 cm³/mol. The van der Waals surface area contributed by atoms with Gasteiger partial charge >= 0.3 is 0 Å². The summed E-state index contributed by atoms with van der Waals surface area (Å²) in [5.41, 5.74) is 1.98. The standard InChI is InChI=1S/C14H20ClNO.ClH/c1-10-5-7-16(8-6-10)14-4-3-12(11(2)17)9-13(14)15;/h3-4,9-11,17H,5-8H2,1-2H3;1H. The van der Waals surface area contributed by atoms with Crippen molar-refractivity contribution in [2.45, 2.75) is 32.8 Å². The second-order valence-corrected chi connectivity index (χ2v) is 5.46. The molecule has 1 unspecified atom stereocenters. The lowest BCUT2D eigenvalue weighted by atomic mass is 9.98. The molecule has 18 heavy (non-hydrogen) atoms. The van der Waals surface area contributed by atoms with E-state index in [9.17, 15) is 5.11 Å². The Hall–Kier alpha value is -0.440. The van der Waals surface area contributed by atoms with Gasteiger partial charge in [0.2, 0.25) is 0 Å². The highest BCUT2D eigenvalue weighted by Crippen LogP contribution is 2.31. The van der Waals surface area contributed by atoms with Crippen LogP contribution in [0.1, 0.15) is 38.4 Å². The molecule has 1 saturated heterocycles. The number of piperidine rings is 1. The SMILES string of the molecule is CC1CCN(c2ccc(C(C)O)cc2Cl)CC1.Cl. The Morgan fingerprint density at radius 1 is 1.33 bits per heavy atom. The predicted octanol–water partition coefficient (Wildman–Crippen LogP) is 4.05. The fourth-order valence-corrected chi connectivity index (χ4v) is 2.60. The topological polar surface area (TPSA) is 23.5 Å². The van der Waals surface area contributed by atoms with Crippen LogP contribution in [0.4, 0.5) is 5.69 Å². The zero-order valence-electron chi connectivity index (χ0n) is 10.9. The van der Waals surface area contributed by atoms with Crippen molar-refractivity contribution in [2.75, 3.05) is 18.0 Å². The number of aliphatic hydroxyl groups excluding tert-OH is 1. The van der Waals surface area contributed by atoms with Gasteiger partial charge in [0, 0.05) is 13.1 Å². The third kappa shape index (κ3) is 3.53. The van der Waals surface area contributed by atoms with E-state index in [2.05, 4.69) is 11.8 Å². The molecule has 1 atom stereocenters. The molecule has 1 aliphatic rings. The lowest BCUT2D eigenvalue weighted by Crippen LogP contribution is -2.32. The molecule has 1 heterocycles. The highest BCUT2D eigenvalue weighted by Gasteiger charge is 2.18. The Morgan fingerprint density at radius 3 is 2.44 bits per heavy atom. The van der Waals surface area contributed by atoms with Crippen LogP contribution < -0.4 is 4.90 Å². The summed E-state index contributed by atoms with van der Waals surface area (Å²) < 4.78 is 0. The van der Waals surface area contributed by atoms with Gasteiger partial charge in [0.1, 0.15) is 0 Å². The van der Waals surface area contributed by atoms with Gasteiger partial charge in [0.25, 0.3) is 0 Å². The van der Waals surface area contributed by atoms with Gasteiger partial charge in [0.05, 0.1) is 16.8 Å². The van der Waals surface area contributed by atoms with Crippen molar-refractivity contribution in [1.29, 1.82) is 0 Å². The van der Waals surface area contributed by atoms with Gasteiger partial charge in [0.15, 0.2) is 0 Å². The van der Waals surface area contributed by atoms with Gasteiger partial charge in [-0.1, -0.05) is 24.6 Å². The molecule has 1 N–H and O–H groups in total. The Kier molecular flexibility index (Phi) is 5.77. The van der Waals surface area contributed by atoms with Crippen LogP contribution in [-0.4, -0.2) is 18.2 Å². The summed E-state index contributed by atoms with van der Waals surface area (Å²) in [6.07, 6.45) is 2.01. The van der Waals surface area contributed by atoms with Crippen LogP contribution in [0, 0.1) is 5.92 Å². The van der Waals surface area contributed by atoms with Gasteiger partial charge in [-0.05, 0) is 43.4 Å². The molecule has 0 aliphatic carbocycles. The van der Waals surface area contributed by atoms with E-state index in [0.29, 0.717) is 0 Å². The summed E-state index contributed by atoms with van der Waals surface area (Å²) in [5, 5.41) is 10.3. The van der Waals surface area contributed by atoms with Gasteiger partial charge in [-0.15, -0.1) is 12.4 Å². The van der Waals surface area contributed by atoms with Crippen molar-refractivity contribution in [3.63, 3.8) is 0 Å². The minimum Gasteiger partial charge on any atom is -0.389 e. The maximum atomic E-state index is 9.51. The van der Waals surface area contributed by atoms with Gasteiger partial charge in [-0.2, -0.15) is 0 Å². The Morgan fingerprint density at radius 2 is 1.94 bits per heavy atom. The first-order valence-electron chi connectivity index (χ1n) is 6.30. The summed E-state index contributed by atoms with van der Waals surface area (Å²) in [4.78, 5) is 2.34. The summed E-state index contributed by atoms with van der Waals surface area (Å²) in [6, 6.07) is 5.86. The van der Waals surface area contributed by atoms with Gasteiger partial charge < -0.3 is 10.0 Å². The molecular formula is C14H21Cl2NO. The monoisotopic (exact) mass is 289 g/mol. The second-order valence-electron chi connectivity index (χ2n) is 5.06. The molecule has 0 aromatic heterocycles. The first-order valence-corrected chi connectivity index (χ1v) is 6.68. The number of anilines is 1.